The summed E-state index contributed by atoms with van der Waals surface area (Å²) in [5, 5.41) is 19.3. The third kappa shape index (κ3) is 11.4. The number of urea groups is 2. The Bertz CT molecular complexity index is 2430. The van der Waals surface area contributed by atoms with Crippen molar-refractivity contribution in [2.45, 2.75) is 10.8 Å². The molecule has 0 aliphatic rings. The Balaban J connectivity index is 0.000000253. The van der Waals surface area contributed by atoms with Gasteiger partial charge in [-0.25, -0.2) is 32.2 Å². The number of nitrogens with one attached hydrogen (secondary N) is 4. The van der Waals surface area contributed by atoms with Gasteiger partial charge in [-0.1, -0.05) is 18.2 Å². The van der Waals surface area contributed by atoms with Gasteiger partial charge in [0.1, 0.15) is 0 Å². The van der Waals surface area contributed by atoms with Gasteiger partial charge < -0.3 is 23.7 Å². The van der Waals surface area contributed by atoms with Crippen molar-refractivity contribution in [3.05, 3.63) is 53.7 Å². The first kappa shape index (κ1) is 42.5. The normalized spacial score (nSPS) is 10.9. The number of benzene rings is 1. The van der Waals surface area contributed by atoms with E-state index in [1.807, 2.05) is 9.44 Å². The van der Waals surface area contributed by atoms with Gasteiger partial charge in [-0.05, 0) is 16.8 Å². The van der Waals surface area contributed by atoms with Gasteiger partial charge in [-0.3, -0.25) is 15.3 Å². The van der Waals surface area contributed by atoms with Crippen molar-refractivity contribution in [3.63, 3.8) is 0 Å². The molecule has 0 spiro atoms. The van der Waals surface area contributed by atoms with Gasteiger partial charge in [0, 0.05) is 7.05 Å². The first-order chi connectivity index (χ1) is 27.0. The molecule has 0 radical (unpaired) electrons. The third-order valence-corrected chi connectivity index (χ3v) is 9.41. The number of carbonyl (C=O) groups excluding carboxylic acids is 3. The second-order valence-corrected chi connectivity index (χ2v) is 14.0. The smallest absolute Gasteiger partial charge is 0.338 e. The van der Waals surface area contributed by atoms with E-state index in [1.165, 1.54) is 80.1 Å². The molecule has 304 valence electrons. The van der Waals surface area contributed by atoms with Crippen molar-refractivity contribution in [3.8, 4) is 34.9 Å². The summed E-state index contributed by atoms with van der Waals surface area (Å²) < 4.78 is 79.3. The average Bonchev–Trinajstić information content (AvgIpc) is 3.79. The van der Waals surface area contributed by atoms with Gasteiger partial charge in [0.25, 0.3) is 10.0 Å². The molecule has 4 amide bonds. The van der Waals surface area contributed by atoms with Crippen molar-refractivity contribution >= 4 is 50.0 Å². The van der Waals surface area contributed by atoms with E-state index in [4.69, 9.17) is 18.9 Å². The molecule has 1 aromatic carbocycles. The summed E-state index contributed by atoms with van der Waals surface area (Å²) in [4.78, 5) is 52.7. The highest BCUT2D eigenvalue weighted by Crippen LogP contribution is 2.24. The standard InChI is InChI=1S/C16H18N4O7S.C13H16N10O5S/c1-25-12-8-13(26-2)18-15(17-12)19-16(22)20-28(23,24)9-10-6-4-5-7-11(10)14(21)27-3;1-22-11(7(6-14-22)10-18-21-23(2)19-10)29(25,26)20-13(24)17-12-15-8(27-3)5-9(16-12)28-4/h4-8H,9H2,1-3H3,(H2,17,18,19,20,22);5-6H,1-4H3,(H2,15,16,17,20,24). The Labute approximate surface area is 323 Å². The van der Waals surface area contributed by atoms with Crippen LogP contribution in [0.25, 0.3) is 11.4 Å². The van der Waals surface area contributed by atoms with Crippen molar-refractivity contribution in [2.75, 3.05) is 46.2 Å². The molecule has 0 aliphatic carbocycles. The fourth-order valence-electron chi connectivity index (χ4n) is 4.39. The molecule has 4 aromatic heterocycles. The number of anilines is 2. The number of hydrogen-bond donors (Lipinski definition) is 4. The molecule has 0 atom stereocenters. The van der Waals surface area contributed by atoms with Crippen LogP contribution in [0.5, 0.6) is 23.5 Å². The Hall–Kier alpha value is -7.23. The van der Waals surface area contributed by atoms with E-state index in [1.54, 1.807) is 12.1 Å². The second-order valence-electron chi connectivity index (χ2n) is 10.7. The van der Waals surface area contributed by atoms with Crippen LogP contribution in [0.1, 0.15) is 15.9 Å². The van der Waals surface area contributed by atoms with Gasteiger partial charge in [0.15, 0.2) is 5.03 Å². The van der Waals surface area contributed by atoms with Gasteiger partial charge in [-0.2, -0.15) is 38.2 Å². The highest BCUT2D eigenvalue weighted by Gasteiger charge is 2.29. The van der Waals surface area contributed by atoms with Crippen LogP contribution in [0.3, 0.4) is 0 Å². The molecule has 28 heteroatoms. The Kier molecular flexibility index (Phi) is 13.7. The lowest BCUT2D eigenvalue weighted by Crippen LogP contribution is -2.36. The Morgan fingerprint density at radius 3 is 1.72 bits per heavy atom. The topological polar surface area (TPSA) is 327 Å². The van der Waals surface area contributed by atoms with Crippen molar-refractivity contribution in [1.29, 1.82) is 0 Å². The predicted molar refractivity (Wildman–Crippen MR) is 193 cm³/mol. The molecule has 0 fully saturated rings. The molecule has 5 rings (SSSR count). The Morgan fingerprint density at radius 1 is 0.737 bits per heavy atom. The zero-order valence-electron chi connectivity index (χ0n) is 30.9. The number of esters is 1. The predicted octanol–water partition coefficient (Wildman–Crippen LogP) is -0.140. The lowest BCUT2D eigenvalue weighted by atomic mass is 10.1. The molecule has 0 saturated heterocycles. The van der Waals surface area contributed by atoms with Crippen molar-refractivity contribution in [2.24, 2.45) is 14.1 Å². The van der Waals surface area contributed by atoms with E-state index in [0.717, 1.165) is 9.48 Å². The van der Waals surface area contributed by atoms with E-state index in [2.05, 4.69) is 55.8 Å². The number of ether oxygens (including phenoxy) is 5. The van der Waals surface area contributed by atoms with Crippen LogP contribution in [-0.2, 0) is 44.6 Å². The maximum absolute atomic E-state index is 12.8. The van der Waals surface area contributed by atoms with E-state index in [-0.39, 0.29) is 63.0 Å². The fourth-order valence-corrected chi connectivity index (χ4v) is 6.68. The first-order valence-corrected chi connectivity index (χ1v) is 18.7. The summed E-state index contributed by atoms with van der Waals surface area (Å²) >= 11 is 0. The summed E-state index contributed by atoms with van der Waals surface area (Å²) in [7, 11) is 1.03. The number of aryl methyl sites for hydroxylation is 2. The van der Waals surface area contributed by atoms with E-state index in [0.29, 0.717) is 0 Å². The van der Waals surface area contributed by atoms with Crippen LogP contribution >= 0.6 is 0 Å². The number of carbonyl (C=O) groups is 3. The molecular formula is C29H34N14O12S2. The monoisotopic (exact) mass is 834 g/mol. The molecule has 4 heterocycles. The molecular weight excluding hydrogens is 801 g/mol. The SMILES string of the molecule is COC(=O)c1ccccc1CS(=O)(=O)NC(=O)Nc1nc(OC)cc(OC)n1.COc1cc(OC)nc(NC(=O)NS(=O)(=O)c2c(-c3nnn(C)n3)cnn2C)n1. The molecule has 0 bridgehead atoms. The van der Waals surface area contributed by atoms with Crippen LogP contribution in [0.4, 0.5) is 21.5 Å². The summed E-state index contributed by atoms with van der Waals surface area (Å²) in [5.41, 5.74) is 0.325. The summed E-state index contributed by atoms with van der Waals surface area (Å²) in [5.74, 6) is -1.29. The van der Waals surface area contributed by atoms with Crippen molar-refractivity contribution < 1.29 is 54.9 Å². The van der Waals surface area contributed by atoms with Gasteiger partial charge in [0.05, 0.1) is 77.8 Å². The number of hydrogen-bond acceptors (Lipinski definition) is 20. The molecule has 0 saturated carbocycles. The number of amides is 4. The van der Waals surface area contributed by atoms with E-state index < -0.39 is 43.8 Å². The van der Waals surface area contributed by atoms with E-state index >= 15 is 0 Å². The average molecular weight is 835 g/mol. The minimum Gasteiger partial charge on any atom is -0.481 e. The van der Waals surface area contributed by atoms with Crippen LogP contribution in [0, 0.1) is 0 Å². The molecule has 5 aromatic rings. The third-order valence-electron chi connectivity index (χ3n) is 6.78. The van der Waals surface area contributed by atoms with Gasteiger partial charge >= 0.3 is 18.0 Å². The number of tetrazole rings is 1. The number of aromatic nitrogens is 10. The maximum Gasteiger partial charge on any atom is 0.338 e. The lowest BCUT2D eigenvalue weighted by Gasteiger charge is -2.11. The first-order valence-electron chi connectivity index (χ1n) is 15.5. The van der Waals surface area contributed by atoms with Crippen LogP contribution in [0.15, 0.2) is 47.6 Å². The summed E-state index contributed by atoms with van der Waals surface area (Å²) in [6.07, 6.45) is 1.25. The minimum absolute atomic E-state index is 0.0299. The summed E-state index contributed by atoms with van der Waals surface area (Å²) in [6, 6.07) is 6.56. The summed E-state index contributed by atoms with van der Waals surface area (Å²) in [6.45, 7) is 0. The van der Waals surface area contributed by atoms with Gasteiger partial charge in [-0.15, -0.1) is 10.2 Å². The molecule has 4 N–H and O–H groups in total. The largest absolute Gasteiger partial charge is 0.481 e. The zero-order chi connectivity index (χ0) is 41.9. The fraction of sp³-hybridized carbons (Fsp3) is 0.276. The van der Waals surface area contributed by atoms with Crippen LogP contribution in [0.2, 0.25) is 0 Å². The van der Waals surface area contributed by atoms with E-state index in [9.17, 15) is 31.2 Å². The molecule has 26 nitrogen and oxygen atoms in total. The number of nitrogens with zero attached hydrogens (tertiary/aromatic N) is 10. The van der Waals surface area contributed by atoms with Crippen molar-refractivity contribution in [1.82, 2.24) is 59.4 Å². The molecule has 0 unspecified atom stereocenters. The van der Waals surface area contributed by atoms with Gasteiger partial charge in [0.2, 0.25) is 51.3 Å². The number of sulfonamides is 2. The number of rotatable bonds is 13. The molecule has 57 heavy (non-hydrogen) atoms. The second kappa shape index (κ2) is 18.4. The lowest BCUT2D eigenvalue weighted by molar-refractivity contribution is 0.0599. The quantitative estimate of drug-likeness (QED) is 0.112. The zero-order valence-corrected chi connectivity index (χ0v) is 32.6. The molecule has 0 aliphatic heterocycles. The van der Waals surface area contributed by atoms with Crippen LogP contribution < -0.4 is 39.0 Å². The minimum atomic E-state index is -4.36. The Morgan fingerprint density at radius 2 is 1.25 bits per heavy atom. The number of methoxy groups -OCH3 is 5. The maximum atomic E-state index is 12.8. The highest BCUT2D eigenvalue weighted by molar-refractivity contribution is 7.90. The van der Waals surface area contributed by atoms with Crippen LogP contribution in [-0.4, -0.2) is 120 Å². The highest BCUT2D eigenvalue weighted by atomic mass is 32.2.